The maximum atomic E-state index is 13.0. The van der Waals surface area contributed by atoms with Gasteiger partial charge in [-0.3, -0.25) is 4.79 Å². The standard InChI is InChI=1S/C24H31FN6O3/c1-13(2)19-8-26-31-20(7-14(3)27-22(19)31)28-21-16-5-6-17(21)10-30(9-16)24(33)34-18-11-29(12-18)23(32)15(4)25/h7-8,13,16-18,21,28H,4-6,9-12H2,1-3H3. The van der Waals surface area contributed by atoms with E-state index in [0.717, 1.165) is 35.6 Å². The van der Waals surface area contributed by atoms with Gasteiger partial charge in [0.15, 0.2) is 11.5 Å². The van der Waals surface area contributed by atoms with Crippen molar-refractivity contribution in [1.82, 2.24) is 24.4 Å². The van der Waals surface area contributed by atoms with Gasteiger partial charge in [-0.15, -0.1) is 0 Å². The number of fused-ring (bicyclic) bond motifs is 3. The van der Waals surface area contributed by atoms with Gasteiger partial charge in [0.25, 0.3) is 5.91 Å². The number of nitrogens with one attached hydrogen (secondary N) is 1. The molecule has 4 heterocycles. The van der Waals surface area contributed by atoms with Crippen molar-refractivity contribution in [3.05, 3.63) is 35.9 Å². The molecule has 0 spiro atoms. The number of likely N-dealkylation sites (tertiary alicyclic amines) is 2. The molecular formula is C24H31FN6O3. The Morgan fingerprint density at radius 2 is 1.85 bits per heavy atom. The second-order valence-corrected chi connectivity index (χ2v) is 10.1. The minimum Gasteiger partial charge on any atom is -0.442 e. The van der Waals surface area contributed by atoms with Crippen LogP contribution in [0.4, 0.5) is 15.0 Å². The van der Waals surface area contributed by atoms with Crippen LogP contribution in [0.5, 0.6) is 0 Å². The minimum atomic E-state index is -0.992. The van der Waals surface area contributed by atoms with E-state index in [-0.39, 0.29) is 25.2 Å². The summed E-state index contributed by atoms with van der Waals surface area (Å²) >= 11 is 0. The van der Waals surface area contributed by atoms with Gasteiger partial charge in [-0.05, 0) is 37.5 Å². The summed E-state index contributed by atoms with van der Waals surface area (Å²) in [6.45, 7) is 10.9. The normalized spacial score (nSPS) is 24.4. The van der Waals surface area contributed by atoms with Crippen LogP contribution in [0.1, 0.15) is 43.9 Å². The van der Waals surface area contributed by atoms with Gasteiger partial charge in [-0.25, -0.2) is 14.2 Å². The molecule has 2 aliphatic heterocycles. The Hall–Kier alpha value is -3.17. The van der Waals surface area contributed by atoms with Gasteiger partial charge in [0, 0.05) is 36.5 Å². The van der Waals surface area contributed by atoms with Crippen LogP contribution in [0.15, 0.2) is 24.7 Å². The Bertz CT molecular complexity index is 1130. The summed E-state index contributed by atoms with van der Waals surface area (Å²) in [6.07, 6.45) is 3.22. The number of aryl methyl sites for hydroxylation is 1. The lowest BCUT2D eigenvalue weighted by molar-refractivity contribution is -0.139. The molecule has 2 saturated heterocycles. The highest BCUT2D eigenvalue weighted by atomic mass is 19.1. The monoisotopic (exact) mass is 470 g/mol. The number of piperidine rings is 1. The highest BCUT2D eigenvalue weighted by Gasteiger charge is 2.45. The molecular weight excluding hydrogens is 439 g/mol. The van der Waals surface area contributed by atoms with Crippen LogP contribution in [0.2, 0.25) is 0 Å². The second-order valence-electron chi connectivity index (χ2n) is 10.1. The van der Waals surface area contributed by atoms with Crippen LogP contribution in [-0.2, 0) is 9.53 Å². The quantitative estimate of drug-likeness (QED) is 0.675. The summed E-state index contributed by atoms with van der Waals surface area (Å²) < 4.78 is 20.4. The Labute approximate surface area is 197 Å². The van der Waals surface area contributed by atoms with Crippen LogP contribution in [0.25, 0.3) is 5.65 Å². The molecule has 9 nitrogen and oxygen atoms in total. The molecule has 2 amide bonds. The maximum Gasteiger partial charge on any atom is 0.410 e. The first-order valence-electron chi connectivity index (χ1n) is 11.9. The number of ether oxygens (including phenoxy) is 1. The SMILES string of the molecule is C=C(F)C(=O)N1CC(OC(=O)N2CC3CCC(C2)C3Nc2cc(C)nc3c(C(C)C)cnn23)C1. The summed E-state index contributed by atoms with van der Waals surface area (Å²) in [5.74, 6) is 0.153. The summed E-state index contributed by atoms with van der Waals surface area (Å²) in [6, 6.07) is 2.27. The first-order valence-corrected chi connectivity index (χ1v) is 11.9. The number of aromatic nitrogens is 3. The van der Waals surface area contributed by atoms with Crippen molar-refractivity contribution >= 4 is 23.5 Å². The number of halogens is 1. The molecule has 2 aromatic heterocycles. The van der Waals surface area contributed by atoms with Gasteiger partial charge in [0.05, 0.1) is 19.3 Å². The average molecular weight is 471 g/mol. The van der Waals surface area contributed by atoms with E-state index in [1.54, 1.807) is 4.90 Å². The Morgan fingerprint density at radius 1 is 1.18 bits per heavy atom. The van der Waals surface area contributed by atoms with Crippen molar-refractivity contribution in [3.63, 3.8) is 0 Å². The lowest BCUT2D eigenvalue weighted by Gasteiger charge is -2.41. The van der Waals surface area contributed by atoms with Crippen molar-refractivity contribution in [2.75, 3.05) is 31.5 Å². The third-order valence-corrected chi connectivity index (χ3v) is 7.29. The fraction of sp³-hybridized carbons (Fsp3) is 0.583. The van der Waals surface area contributed by atoms with Gasteiger partial charge in [-0.1, -0.05) is 20.4 Å². The summed E-state index contributed by atoms with van der Waals surface area (Å²) in [4.78, 5) is 32.1. The number of hydrogen-bond donors (Lipinski definition) is 1. The van der Waals surface area contributed by atoms with Gasteiger partial charge in [0.1, 0.15) is 11.9 Å². The lowest BCUT2D eigenvalue weighted by atomic mass is 9.92. The van der Waals surface area contributed by atoms with E-state index < -0.39 is 17.8 Å². The molecule has 10 heteroatoms. The smallest absolute Gasteiger partial charge is 0.410 e. The average Bonchev–Trinajstić information content (AvgIpc) is 3.26. The Kier molecular flexibility index (Phi) is 5.69. The van der Waals surface area contributed by atoms with Gasteiger partial charge in [-0.2, -0.15) is 9.61 Å². The van der Waals surface area contributed by atoms with Crippen LogP contribution in [-0.4, -0.2) is 74.7 Å². The topological polar surface area (TPSA) is 92.1 Å². The third kappa shape index (κ3) is 3.99. The molecule has 3 aliphatic rings. The van der Waals surface area contributed by atoms with Gasteiger partial charge >= 0.3 is 6.09 Å². The van der Waals surface area contributed by atoms with Crippen molar-refractivity contribution < 1.29 is 18.7 Å². The van der Waals surface area contributed by atoms with Crippen LogP contribution < -0.4 is 5.32 Å². The molecule has 0 radical (unpaired) electrons. The van der Waals surface area contributed by atoms with Crippen LogP contribution >= 0.6 is 0 Å². The van der Waals surface area contributed by atoms with E-state index in [9.17, 15) is 14.0 Å². The van der Waals surface area contributed by atoms with Crippen molar-refractivity contribution in [2.45, 2.75) is 51.7 Å². The highest BCUT2D eigenvalue weighted by molar-refractivity contribution is 5.91. The molecule has 34 heavy (non-hydrogen) atoms. The third-order valence-electron chi connectivity index (χ3n) is 7.29. The molecule has 1 N–H and O–H groups in total. The Morgan fingerprint density at radius 3 is 2.47 bits per heavy atom. The van der Waals surface area contributed by atoms with E-state index in [1.807, 2.05) is 23.7 Å². The lowest BCUT2D eigenvalue weighted by Crippen LogP contribution is -2.57. The largest absolute Gasteiger partial charge is 0.442 e. The van der Waals surface area contributed by atoms with E-state index in [1.165, 1.54) is 4.90 Å². The zero-order valence-corrected chi connectivity index (χ0v) is 19.8. The summed E-state index contributed by atoms with van der Waals surface area (Å²) in [5.41, 5.74) is 2.95. The van der Waals surface area contributed by atoms with Gasteiger partial charge < -0.3 is 19.9 Å². The van der Waals surface area contributed by atoms with E-state index >= 15 is 0 Å². The predicted octanol–water partition coefficient (Wildman–Crippen LogP) is 3.11. The zero-order chi connectivity index (χ0) is 24.1. The fourth-order valence-electron chi connectivity index (χ4n) is 5.46. The molecule has 1 aliphatic carbocycles. The van der Waals surface area contributed by atoms with E-state index in [4.69, 9.17) is 9.72 Å². The first-order chi connectivity index (χ1) is 16.2. The number of hydrogen-bond acceptors (Lipinski definition) is 6. The molecule has 3 fully saturated rings. The van der Waals surface area contributed by atoms with E-state index in [2.05, 4.69) is 30.8 Å². The van der Waals surface area contributed by atoms with E-state index in [0.29, 0.717) is 30.8 Å². The number of nitrogens with zero attached hydrogens (tertiary/aromatic N) is 5. The maximum absolute atomic E-state index is 13.0. The Balaban J connectivity index is 1.22. The number of anilines is 1. The fourth-order valence-corrected chi connectivity index (χ4v) is 5.46. The molecule has 2 unspecified atom stereocenters. The van der Waals surface area contributed by atoms with Crippen molar-refractivity contribution in [2.24, 2.45) is 11.8 Å². The minimum absolute atomic E-state index is 0.206. The molecule has 0 aromatic carbocycles. The van der Waals surface area contributed by atoms with Crippen molar-refractivity contribution in [1.29, 1.82) is 0 Å². The summed E-state index contributed by atoms with van der Waals surface area (Å²) in [7, 11) is 0. The zero-order valence-electron chi connectivity index (χ0n) is 19.8. The summed E-state index contributed by atoms with van der Waals surface area (Å²) in [5, 5.41) is 8.31. The number of rotatable bonds is 5. The number of carbonyl (C=O) groups is 2. The predicted molar refractivity (Wildman–Crippen MR) is 124 cm³/mol. The molecule has 5 rings (SSSR count). The highest BCUT2D eigenvalue weighted by Crippen LogP contribution is 2.39. The molecule has 2 bridgehead atoms. The first kappa shape index (κ1) is 22.6. The number of amides is 2. The van der Waals surface area contributed by atoms with Crippen molar-refractivity contribution in [3.8, 4) is 0 Å². The van der Waals surface area contributed by atoms with Crippen LogP contribution in [0.3, 0.4) is 0 Å². The molecule has 2 atom stereocenters. The number of carbonyl (C=O) groups excluding carboxylic acids is 2. The molecule has 1 saturated carbocycles. The molecule has 182 valence electrons. The molecule has 2 aromatic rings. The second kappa shape index (κ2) is 8.56. The van der Waals surface area contributed by atoms with Crippen LogP contribution in [0, 0.1) is 18.8 Å². The van der Waals surface area contributed by atoms with Gasteiger partial charge in [0.2, 0.25) is 0 Å².